The van der Waals surface area contributed by atoms with Gasteiger partial charge >= 0.3 is 0 Å². The van der Waals surface area contributed by atoms with Gasteiger partial charge in [-0.1, -0.05) is 42.5 Å². The molecule has 0 spiro atoms. The Kier molecular flexibility index (Phi) is 7.04. The fourth-order valence-electron chi connectivity index (χ4n) is 3.48. The third-order valence-corrected chi connectivity index (χ3v) is 6.90. The predicted molar refractivity (Wildman–Crippen MR) is 117 cm³/mol. The van der Waals surface area contributed by atoms with Gasteiger partial charge in [-0.3, -0.25) is 4.79 Å². The fourth-order valence-corrected chi connectivity index (χ4v) is 5.34. The van der Waals surface area contributed by atoms with E-state index in [1.807, 2.05) is 42.5 Å². The molecule has 1 aliphatic heterocycles. The third-order valence-electron chi connectivity index (χ3n) is 5.06. The number of carbonyl (C=O) groups excluding carboxylic acids is 1. The van der Waals surface area contributed by atoms with Gasteiger partial charge in [0.15, 0.2) is 9.84 Å². The minimum atomic E-state index is -2.96. The highest BCUT2D eigenvalue weighted by atomic mass is 32.2. The molecule has 0 saturated carbocycles. The highest BCUT2D eigenvalue weighted by molar-refractivity contribution is 7.91. The van der Waals surface area contributed by atoms with Crippen LogP contribution in [0.1, 0.15) is 30.9 Å². The molecule has 29 heavy (non-hydrogen) atoms. The SMILES string of the molecule is CCN(Cc1ccccc1)c1ccc(/C=N\NC(=O)C[C@H]2CCS(=O)(=O)C2)cc1. The van der Waals surface area contributed by atoms with E-state index in [0.29, 0.717) is 6.42 Å². The minimum absolute atomic E-state index is 0.0980. The van der Waals surface area contributed by atoms with Crippen LogP contribution in [0.25, 0.3) is 0 Å². The Bertz CT molecular complexity index is 941. The lowest BCUT2D eigenvalue weighted by Crippen LogP contribution is -2.22. The average molecular weight is 414 g/mol. The van der Waals surface area contributed by atoms with E-state index in [2.05, 4.69) is 34.5 Å². The van der Waals surface area contributed by atoms with Gasteiger partial charge in [0.1, 0.15) is 0 Å². The second-order valence-electron chi connectivity index (χ2n) is 7.36. The van der Waals surface area contributed by atoms with Crippen molar-refractivity contribution in [2.45, 2.75) is 26.3 Å². The van der Waals surface area contributed by atoms with E-state index in [9.17, 15) is 13.2 Å². The molecule has 1 heterocycles. The minimum Gasteiger partial charge on any atom is -0.367 e. The Morgan fingerprint density at radius 1 is 1.17 bits per heavy atom. The highest BCUT2D eigenvalue weighted by Crippen LogP contribution is 2.21. The standard InChI is InChI=1S/C22H27N3O3S/c1-2-25(16-19-6-4-3-5-7-19)21-10-8-18(9-11-21)15-23-24-22(26)14-20-12-13-29(27,28)17-20/h3-11,15,20H,2,12-14,16-17H2,1H3,(H,24,26)/b23-15-/t20-/m1/s1. The molecule has 1 atom stereocenters. The summed E-state index contributed by atoms with van der Waals surface area (Å²) in [5, 5.41) is 3.99. The van der Waals surface area contributed by atoms with Gasteiger partial charge in [-0.15, -0.1) is 0 Å². The molecule has 1 fully saturated rings. The zero-order chi connectivity index (χ0) is 20.7. The summed E-state index contributed by atoms with van der Waals surface area (Å²) in [6.45, 7) is 3.87. The van der Waals surface area contributed by atoms with Crippen molar-refractivity contribution in [1.82, 2.24) is 5.43 Å². The summed E-state index contributed by atoms with van der Waals surface area (Å²) < 4.78 is 22.9. The van der Waals surface area contributed by atoms with Crippen LogP contribution < -0.4 is 10.3 Å². The number of rotatable bonds is 8. The summed E-state index contributed by atoms with van der Waals surface area (Å²) in [7, 11) is -2.96. The maximum atomic E-state index is 11.9. The summed E-state index contributed by atoms with van der Waals surface area (Å²) in [4.78, 5) is 14.2. The largest absolute Gasteiger partial charge is 0.367 e. The predicted octanol–water partition coefficient (Wildman–Crippen LogP) is 2.99. The maximum absolute atomic E-state index is 11.9. The lowest BCUT2D eigenvalue weighted by atomic mass is 10.1. The van der Waals surface area contributed by atoms with Crippen LogP contribution in [0.2, 0.25) is 0 Å². The molecule has 2 aromatic rings. The Balaban J connectivity index is 1.51. The van der Waals surface area contributed by atoms with Crippen LogP contribution in [0.15, 0.2) is 59.7 Å². The van der Waals surface area contributed by atoms with Crippen LogP contribution in [0.3, 0.4) is 0 Å². The molecule has 0 bridgehead atoms. The second kappa shape index (κ2) is 9.69. The van der Waals surface area contributed by atoms with Crippen molar-refractivity contribution < 1.29 is 13.2 Å². The number of hydrazone groups is 1. The van der Waals surface area contributed by atoms with Crippen molar-refractivity contribution in [3.05, 3.63) is 65.7 Å². The lowest BCUT2D eigenvalue weighted by Gasteiger charge is -2.23. The first-order chi connectivity index (χ1) is 13.9. The van der Waals surface area contributed by atoms with E-state index in [4.69, 9.17) is 0 Å². The molecule has 0 radical (unpaired) electrons. The number of sulfone groups is 1. The number of nitrogens with zero attached hydrogens (tertiary/aromatic N) is 2. The van der Waals surface area contributed by atoms with Gasteiger partial charge in [0, 0.05) is 25.2 Å². The summed E-state index contributed by atoms with van der Waals surface area (Å²) in [5.41, 5.74) is 5.76. The summed E-state index contributed by atoms with van der Waals surface area (Å²) in [5.74, 6) is -0.0682. The van der Waals surface area contributed by atoms with Crippen molar-refractivity contribution in [3.63, 3.8) is 0 Å². The van der Waals surface area contributed by atoms with Crippen LogP contribution in [-0.2, 0) is 21.2 Å². The molecule has 0 unspecified atom stereocenters. The maximum Gasteiger partial charge on any atom is 0.240 e. The zero-order valence-corrected chi connectivity index (χ0v) is 17.4. The molecule has 2 aromatic carbocycles. The topological polar surface area (TPSA) is 78.8 Å². The number of anilines is 1. The molecule has 154 valence electrons. The molecule has 1 N–H and O–H groups in total. The Morgan fingerprint density at radius 3 is 2.52 bits per heavy atom. The van der Waals surface area contributed by atoms with Crippen molar-refractivity contribution in [2.75, 3.05) is 23.0 Å². The Morgan fingerprint density at radius 2 is 1.90 bits per heavy atom. The van der Waals surface area contributed by atoms with E-state index >= 15 is 0 Å². The van der Waals surface area contributed by atoms with Crippen LogP contribution in [-0.4, -0.2) is 38.6 Å². The van der Waals surface area contributed by atoms with E-state index in [-0.39, 0.29) is 29.8 Å². The summed E-state index contributed by atoms with van der Waals surface area (Å²) >= 11 is 0. The number of hydrogen-bond donors (Lipinski definition) is 1. The Labute approximate surface area is 172 Å². The van der Waals surface area contributed by atoms with Crippen molar-refractivity contribution in [1.29, 1.82) is 0 Å². The monoisotopic (exact) mass is 413 g/mol. The van der Waals surface area contributed by atoms with Crippen molar-refractivity contribution >= 4 is 27.6 Å². The molecule has 1 saturated heterocycles. The van der Waals surface area contributed by atoms with Crippen LogP contribution >= 0.6 is 0 Å². The van der Waals surface area contributed by atoms with Crippen LogP contribution in [0.5, 0.6) is 0 Å². The molecule has 7 heteroatoms. The molecular formula is C22H27N3O3S. The van der Waals surface area contributed by atoms with Gasteiger partial charge in [0.25, 0.3) is 0 Å². The van der Waals surface area contributed by atoms with Crippen molar-refractivity contribution in [3.8, 4) is 0 Å². The van der Waals surface area contributed by atoms with Gasteiger partial charge in [-0.05, 0) is 42.5 Å². The smallest absolute Gasteiger partial charge is 0.240 e. The van der Waals surface area contributed by atoms with E-state index < -0.39 is 9.84 Å². The highest BCUT2D eigenvalue weighted by Gasteiger charge is 2.29. The number of benzene rings is 2. The zero-order valence-electron chi connectivity index (χ0n) is 16.6. The van der Waals surface area contributed by atoms with Gasteiger partial charge in [0.05, 0.1) is 17.7 Å². The molecule has 3 rings (SSSR count). The van der Waals surface area contributed by atoms with Gasteiger partial charge in [-0.2, -0.15) is 5.10 Å². The first kappa shape index (κ1) is 21.0. The Hall–Kier alpha value is -2.67. The van der Waals surface area contributed by atoms with Gasteiger partial charge in [0.2, 0.25) is 5.91 Å². The molecular weight excluding hydrogens is 386 g/mol. The number of carbonyl (C=O) groups is 1. The number of hydrogen-bond acceptors (Lipinski definition) is 5. The normalized spacial score (nSPS) is 18.0. The van der Waals surface area contributed by atoms with Crippen LogP contribution in [0, 0.1) is 5.92 Å². The third kappa shape index (κ3) is 6.42. The summed E-state index contributed by atoms with van der Waals surface area (Å²) in [6.07, 6.45) is 2.35. The van der Waals surface area contributed by atoms with E-state index in [1.165, 1.54) is 5.56 Å². The molecule has 0 aromatic heterocycles. The fraction of sp³-hybridized carbons (Fsp3) is 0.364. The first-order valence-corrected chi connectivity index (χ1v) is 11.7. The molecule has 6 nitrogen and oxygen atoms in total. The quantitative estimate of drug-likeness (QED) is 0.533. The number of amides is 1. The van der Waals surface area contributed by atoms with Crippen LogP contribution in [0.4, 0.5) is 5.69 Å². The average Bonchev–Trinajstić information content (AvgIpc) is 3.05. The van der Waals surface area contributed by atoms with E-state index in [0.717, 1.165) is 24.3 Å². The number of nitrogens with one attached hydrogen (secondary N) is 1. The molecule has 0 aliphatic carbocycles. The van der Waals surface area contributed by atoms with Gasteiger partial charge < -0.3 is 4.90 Å². The summed E-state index contributed by atoms with van der Waals surface area (Å²) in [6, 6.07) is 18.3. The second-order valence-corrected chi connectivity index (χ2v) is 9.59. The first-order valence-electron chi connectivity index (χ1n) is 9.86. The van der Waals surface area contributed by atoms with Crippen molar-refractivity contribution in [2.24, 2.45) is 11.0 Å². The molecule has 1 aliphatic rings. The molecule has 1 amide bonds. The lowest BCUT2D eigenvalue weighted by molar-refractivity contribution is -0.121. The van der Waals surface area contributed by atoms with Gasteiger partial charge in [-0.25, -0.2) is 13.8 Å². The van der Waals surface area contributed by atoms with E-state index in [1.54, 1.807) is 6.21 Å².